The van der Waals surface area contributed by atoms with Crippen LogP contribution in [0, 0.1) is 0 Å². The standard InChI is InChI=1S/C13H25N3O.ClH/c1-11(14)13(17)16-9-5-6-12(16)10-15-7-3-2-4-8-15;/h11-12H,2-10,14H2,1H3;1H. The molecule has 2 aliphatic rings. The predicted molar refractivity (Wildman–Crippen MR) is 75.9 cm³/mol. The molecule has 2 fully saturated rings. The molecule has 1 amide bonds. The number of piperidine rings is 1. The van der Waals surface area contributed by atoms with Crippen molar-refractivity contribution < 1.29 is 4.79 Å². The van der Waals surface area contributed by atoms with Gasteiger partial charge in [-0.15, -0.1) is 12.4 Å². The van der Waals surface area contributed by atoms with Crippen LogP contribution in [0.3, 0.4) is 0 Å². The zero-order valence-electron chi connectivity index (χ0n) is 11.3. The van der Waals surface area contributed by atoms with E-state index in [4.69, 9.17) is 5.73 Å². The maximum atomic E-state index is 12.0. The van der Waals surface area contributed by atoms with Crippen molar-refractivity contribution in [2.45, 2.75) is 51.1 Å². The Kier molecular flexibility index (Phi) is 6.39. The van der Waals surface area contributed by atoms with Crippen LogP contribution >= 0.6 is 12.4 Å². The summed E-state index contributed by atoms with van der Waals surface area (Å²) < 4.78 is 0. The van der Waals surface area contributed by atoms with Gasteiger partial charge in [-0.2, -0.15) is 0 Å². The highest BCUT2D eigenvalue weighted by Crippen LogP contribution is 2.20. The molecule has 0 bridgehead atoms. The van der Waals surface area contributed by atoms with Gasteiger partial charge in [-0.3, -0.25) is 4.79 Å². The molecule has 0 saturated carbocycles. The molecule has 0 spiro atoms. The lowest BCUT2D eigenvalue weighted by atomic mass is 10.1. The molecule has 5 heteroatoms. The monoisotopic (exact) mass is 275 g/mol. The van der Waals surface area contributed by atoms with E-state index < -0.39 is 0 Å². The Morgan fingerprint density at radius 3 is 2.50 bits per heavy atom. The quantitative estimate of drug-likeness (QED) is 0.843. The lowest BCUT2D eigenvalue weighted by Crippen LogP contribution is -2.49. The summed E-state index contributed by atoms with van der Waals surface area (Å²) in [4.78, 5) is 16.5. The van der Waals surface area contributed by atoms with Crippen molar-refractivity contribution in [2.75, 3.05) is 26.2 Å². The highest BCUT2D eigenvalue weighted by Gasteiger charge is 2.31. The Morgan fingerprint density at radius 1 is 1.22 bits per heavy atom. The van der Waals surface area contributed by atoms with E-state index in [-0.39, 0.29) is 24.4 Å². The Morgan fingerprint density at radius 2 is 1.89 bits per heavy atom. The topological polar surface area (TPSA) is 49.6 Å². The van der Waals surface area contributed by atoms with E-state index in [2.05, 4.69) is 4.90 Å². The molecular formula is C13H26ClN3O. The van der Waals surface area contributed by atoms with Crippen LogP contribution in [0.5, 0.6) is 0 Å². The van der Waals surface area contributed by atoms with Crippen LogP contribution in [0.2, 0.25) is 0 Å². The Bertz CT molecular complexity index is 267. The number of hydrogen-bond acceptors (Lipinski definition) is 3. The minimum Gasteiger partial charge on any atom is -0.337 e. The molecule has 2 unspecified atom stereocenters. The third-order valence-electron chi connectivity index (χ3n) is 3.97. The Labute approximate surface area is 116 Å². The minimum absolute atomic E-state index is 0. The number of nitrogens with zero attached hydrogens (tertiary/aromatic N) is 2. The molecule has 2 saturated heterocycles. The molecule has 0 aromatic heterocycles. The largest absolute Gasteiger partial charge is 0.337 e. The number of carbonyl (C=O) groups excluding carboxylic acids is 1. The maximum Gasteiger partial charge on any atom is 0.239 e. The first-order valence-corrected chi connectivity index (χ1v) is 6.97. The number of likely N-dealkylation sites (tertiary alicyclic amines) is 2. The average molecular weight is 276 g/mol. The normalized spacial score (nSPS) is 26.8. The molecule has 2 N–H and O–H groups in total. The molecule has 2 rings (SSSR count). The first-order valence-electron chi connectivity index (χ1n) is 6.97. The molecule has 106 valence electrons. The molecule has 2 atom stereocenters. The number of amides is 1. The molecular weight excluding hydrogens is 250 g/mol. The number of halogens is 1. The number of hydrogen-bond donors (Lipinski definition) is 1. The van der Waals surface area contributed by atoms with E-state index >= 15 is 0 Å². The summed E-state index contributed by atoms with van der Waals surface area (Å²) in [6, 6.07) is 0.0588. The van der Waals surface area contributed by atoms with Crippen molar-refractivity contribution in [3.8, 4) is 0 Å². The second kappa shape index (κ2) is 7.31. The van der Waals surface area contributed by atoms with Crippen LogP contribution in [-0.2, 0) is 4.79 Å². The molecule has 18 heavy (non-hydrogen) atoms. The number of rotatable bonds is 3. The zero-order chi connectivity index (χ0) is 12.3. The van der Waals surface area contributed by atoms with Crippen LogP contribution in [-0.4, -0.2) is 54.0 Å². The van der Waals surface area contributed by atoms with Gasteiger partial charge in [0.1, 0.15) is 0 Å². The first kappa shape index (κ1) is 15.7. The van der Waals surface area contributed by atoms with E-state index in [9.17, 15) is 4.79 Å². The molecule has 0 aromatic carbocycles. The minimum atomic E-state index is -0.350. The van der Waals surface area contributed by atoms with E-state index in [1.807, 2.05) is 4.90 Å². The lowest BCUT2D eigenvalue weighted by Gasteiger charge is -2.33. The Balaban J connectivity index is 0.00000162. The maximum absolute atomic E-state index is 12.0. The SMILES string of the molecule is CC(N)C(=O)N1CCCC1CN1CCCCC1.Cl. The third kappa shape index (κ3) is 3.84. The van der Waals surface area contributed by atoms with E-state index in [1.165, 1.54) is 32.4 Å². The number of nitrogens with two attached hydrogens (primary N) is 1. The molecule has 0 aromatic rings. The summed E-state index contributed by atoms with van der Waals surface area (Å²) >= 11 is 0. The van der Waals surface area contributed by atoms with Crippen LogP contribution in [0.15, 0.2) is 0 Å². The van der Waals surface area contributed by atoms with Gasteiger partial charge in [0.05, 0.1) is 6.04 Å². The molecule has 2 aliphatic heterocycles. The van der Waals surface area contributed by atoms with Gasteiger partial charge in [0.15, 0.2) is 0 Å². The summed E-state index contributed by atoms with van der Waals surface area (Å²) in [5.74, 6) is 0.129. The average Bonchev–Trinajstić information content (AvgIpc) is 2.77. The van der Waals surface area contributed by atoms with Gasteiger partial charge in [0.25, 0.3) is 0 Å². The van der Waals surface area contributed by atoms with E-state index in [0.29, 0.717) is 6.04 Å². The molecule has 4 nitrogen and oxygen atoms in total. The molecule has 2 heterocycles. The summed E-state index contributed by atoms with van der Waals surface area (Å²) in [5, 5.41) is 0. The van der Waals surface area contributed by atoms with Crippen molar-refractivity contribution in [1.82, 2.24) is 9.80 Å². The second-order valence-corrected chi connectivity index (χ2v) is 5.48. The van der Waals surface area contributed by atoms with Gasteiger partial charge in [-0.1, -0.05) is 6.42 Å². The Hall–Kier alpha value is -0.320. The fourth-order valence-corrected chi connectivity index (χ4v) is 3.02. The van der Waals surface area contributed by atoms with Crippen molar-refractivity contribution >= 4 is 18.3 Å². The van der Waals surface area contributed by atoms with Crippen LogP contribution < -0.4 is 5.73 Å². The van der Waals surface area contributed by atoms with E-state index in [1.54, 1.807) is 6.92 Å². The summed E-state index contributed by atoms with van der Waals surface area (Å²) in [7, 11) is 0. The van der Waals surface area contributed by atoms with Gasteiger partial charge >= 0.3 is 0 Å². The molecule has 0 aliphatic carbocycles. The van der Waals surface area contributed by atoms with Gasteiger partial charge < -0.3 is 15.5 Å². The van der Waals surface area contributed by atoms with Crippen molar-refractivity contribution in [1.29, 1.82) is 0 Å². The highest BCUT2D eigenvalue weighted by molar-refractivity contribution is 5.85. The third-order valence-corrected chi connectivity index (χ3v) is 3.97. The van der Waals surface area contributed by atoms with Crippen molar-refractivity contribution in [2.24, 2.45) is 5.73 Å². The first-order chi connectivity index (χ1) is 8.18. The van der Waals surface area contributed by atoms with Crippen LogP contribution in [0.4, 0.5) is 0 Å². The predicted octanol–water partition coefficient (Wildman–Crippen LogP) is 1.23. The summed E-state index contributed by atoms with van der Waals surface area (Å²) in [6.07, 6.45) is 6.28. The number of carbonyl (C=O) groups is 1. The van der Waals surface area contributed by atoms with Gasteiger partial charge in [0, 0.05) is 19.1 Å². The van der Waals surface area contributed by atoms with Gasteiger partial charge in [-0.05, 0) is 45.7 Å². The fraction of sp³-hybridized carbons (Fsp3) is 0.923. The van der Waals surface area contributed by atoms with Crippen molar-refractivity contribution in [3.63, 3.8) is 0 Å². The lowest BCUT2D eigenvalue weighted by molar-refractivity contribution is -0.133. The summed E-state index contributed by atoms with van der Waals surface area (Å²) in [5.41, 5.74) is 5.71. The van der Waals surface area contributed by atoms with Crippen LogP contribution in [0.25, 0.3) is 0 Å². The second-order valence-electron chi connectivity index (χ2n) is 5.48. The van der Waals surface area contributed by atoms with E-state index in [0.717, 1.165) is 25.9 Å². The van der Waals surface area contributed by atoms with Gasteiger partial charge in [-0.25, -0.2) is 0 Å². The van der Waals surface area contributed by atoms with Crippen molar-refractivity contribution in [3.05, 3.63) is 0 Å². The smallest absolute Gasteiger partial charge is 0.239 e. The summed E-state index contributed by atoms with van der Waals surface area (Å²) in [6.45, 7) is 6.16. The van der Waals surface area contributed by atoms with Gasteiger partial charge in [0.2, 0.25) is 5.91 Å². The zero-order valence-corrected chi connectivity index (χ0v) is 12.1. The molecule has 0 radical (unpaired) electrons. The highest BCUT2D eigenvalue weighted by atomic mass is 35.5. The fourth-order valence-electron chi connectivity index (χ4n) is 3.02. The van der Waals surface area contributed by atoms with Crippen LogP contribution in [0.1, 0.15) is 39.0 Å².